The van der Waals surface area contributed by atoms with Gasteiger partial charge >= 0.3 is 6.09 Å². The number of ketones is 1. The first kappa shape index (κ1) is 18.8. The molecular weight excluding hydrogens is 351 g/mol. The van der Waals surface area contributed by atoms with Crippen molar-refractivity contribution in [3.8, 4) is 5.75 Å². The first-order valence-corrected chi connectivity index (χ1v) is 8.72. The molecule has 0 spiro atoms. The number of amides is 1. The van der Waals surface area contributed by atoms with Gasteiger partial charge in [0, 0.05) is 38.3 Å². The second kappa shape index (κ2) is 8.64. The highest BCUT2D eigenvalue weighted by Crippen LogP contribution is 2.15. The van der Waals surface area contributed by atoms with E-state index in [4.69, 9.17) is 9.84 Å². The number of carbonyl (C=O) groups is 2. The minimum Gasteiger partial charge on any atom is -0.485 e. The minimum absolute atomic E-state index is 0.109. The molecule has 0 aromatic heterocycles. The van der Waals surface area contributed by atoms with Crippen molar-refractivity contribution in [3.63, 3.8) is 0 Å². The van der Waals surface area contributed by atoms with Gasteiger partial charge in [0.15, 0.2) is 12.4 Å². The van der Waals surface area contributed by atoms with Crippen LogP contribution in [-0.4, -0.2) is 59.6 Å². The van der Waals surface area contributed by atoms with Crippen molar-refractivity contribution in [3.05, 3.63) is 65.5 Å². The number of benzene rings is 2. The highest BCUT2D eigenvalue weighted by Gasteiger charge is 2.20. The predicted molar refractivity (Wildman–Crippen MR) is 97.5 cm³/mol. The number of carboxylic acid groups (broad SMARTS) is 1. The van der Waals surface area contributed by atoms with E-state index in [1.807, 2.05) is 12.1 Å². The topological polar surface area (TPSA) is 70.1 Å². The zero-order valence-corrected chi connectivity index (χ0v) is 14.8. The molecule has 0 aliphatic carbocycles. The largest absolute Gasteiger partial charge is 0.485 e. The van der Waals surface area contributed by atoms with Gasteiger partial charge < -0.3 is 14.7 Å². The molecule has 0 unspecified atom stereocenters. The molecule has 7 heteroatoms. The lowest BCUT2D eigenvalue weighted by atomic mass is 10.1. The number of Topliss-reactive ketones (excluding diaryl/α,β-unsaturated/α-hetero) is 1. The van der Waals surface area contributed by atoms with Crippen molar-refractivity contribution in [2.45, 2.75) is 6.54 Å². The molecular formula is C20H21FN2O4. The SMILES string of the molecule is O=C(COc1ccc(CN2CCN(C(=O)O)CC2)cc1)c1ccc(F)cc1. The smallest absolute Gasteiger partial charge is 0.407 e. The Morgan fingerprint density at radius 3 is 2.19 bits per heavy atom. The standard InChI is InChI=1S/C20H21FN2O4/c21-17-5-3-16(4-6-17)19(24)14-27-18-7-1-15(2-8-18)13-22-9-11-23(12-10-22)20(25)26/h1-8H,9-14H2,(H,25,26). The van der Waals surface area contributed by atoms with E-state index in [1.54, 1.807) is 12.1 Å². The second-order valence-corrected chi connectivity index (χ2v) is 6.41. The van der Waals surface area contributed by atoms with E-state index >= 15 is 0 Å². The molecule has 1 amide bonds. The van der Waals surface area contributed by atoms with Crippen LogP contribution in [0.25, 0.3) is 0 Å². The van der Waals surface area contributed by atoms with Crippen LogP contribution in [0.2, 0.25) is 0 Å². The summed E-state index contributed by atoms with van der Waals surface area (Å²) in [6.45, 7) is 3.07. The Morgan fingerprint density at radius 2 is 1.59 bits per heavy atom. The van der Waals surface area contributed by atoms with Gasteiger partial charge in [-0.3, -0.25) is 9.69 Å². The highest BCUT2D eigenvalue weighted by molar-refractivity contribution is 5.97. The lowest BCUT2D eigenvalue weighted by Gasteiger charge is -2.33. The monoisotopic (exact) mass is 372 g/mol. The molecule has 2 aromatic rings. The van der Waals surface area contributed by atoms with E-state index in [0.29, 0.717) is 37.5 Å². The Balaban J connectivity index is 1.47. The summed E-state index contributed by atoms with van der Waals surface area (Å²) in [5.74, 6) is -0.00674. The normalized spacial score (nSPS) is 14.8. The van der Waals surface area contributed by atoms with Gasteiger partial charge in [-0.25, -0.2) is 9.18 Å². The number of carbonyl (C=O) groups excluding carboxylic acids is 1. The number of halogens is 1. The molecule has 1 aliphatic rings. The molecule has 1 heterocycles. The first-order chi connectivity index (χ1) is 13.0. The van der Waals surface area contributed by atoms with E-state index in [0.717, 1.165) is 12.1 Å². The summed E-state index contributed by atoms with van der Waals surface area (Å²) in [7, 11) is 0. The zero-order chi connectivity index (χ0) is 19.2. The molecule has 1 aliphatic heterocycles. The second-order valence-electron chi connectivity index (χ2n) is 6.41. The predicted octanol–water partition coefficient (Wildman–Crippen LogP) is 2.88. The Morgan fingerprint density at radius 1 is 0.963 bits per heavy atom. The number of hydrogen-bond donors (Lipinski definition) is 1. The third-order valence-electron chi connectivity index (χ3n) is 4.51. The van der Waals surface area contributed by atoms with Crippen LogP contribution in [0.1, 0.15) is 15.9 Å². The molecule has 0 saturated carbocycles. The first-order valence-electron chi connectivity index (χ1n) is 8.72. The Bertz CT molecular complexity index is 785. The molecule has 1 fully saturated rings. The molecule has 27 heavy (non-hydrogen) atoms. The van der Waals surface area contributed by atoms with Crippen molar-refractivity contribution in [2.24, 2.45) is 0 Å². The summed E-state index contributed by atoms with van der Waals surface area (Å²) in [5, 5.41) is 8.97. The van der Waals surface area contributed by atoms with Gasteiger partial charge in [-0.15, -0.1) is 0 Å². The molecule has 1 saturated heterocycles. The van der Waals surface area contributed by atoms with E-state index in [9.17, 15) is 14.0 Å². The van der Waals surface area contributed by atoms with Gasteiger partial charge in [0.05, 0.1) is 0 Å². The molecule has 142 valence electrons. The Hall–Kier alpha value is -2.93. The number of ether oxygens (including phenoxy) is 1. The van der Waals surface area contributed by atoms with Crippen LogP contribution < -0.4 is 4.74 Å². The maximum Gasteiger partial charge on any atom is 0.407 e. The van der Waals surface area contributed by atoms with E-state index < -0.39 is 6.09 Å². The summed E-state index contributed by atoms with van der Waals surface area (Å²) in [6, 6.07) is 12.9. The maximum absolute atomic E-state index is 12.9. The number of rotatable bonds is 6. The van der Waals surface area contributed by atoms with Gasteiger partial charge in [-0.1, -0.05) is 12.1 Å². The summed E-state index contributed by atoms with van der Waals surface area (Å²) in [6.07, 6.45) is -0.869. The summed E-state index contributed by atoms with van der Waals surface area (Å²) >= 11 is 0. The Kier molecular flexibility index (Phi) is 6.03. The van der Waals surface area contributed by atoms with Crippen molar-refractivity contribution in [1.29, 1.82) is 0 Å². The maximum atomic E-state index is 12.9. The molecule has 0 radical (unpaired) electrons. The van der Waals surface area contributed by atoms with Crippen LogP contribution >= 0.6 is 0 Å². The van der Waals surface area contributed by atoms with Crippen molar-refractivity contribution < 1.29 is 23.8 Å². The van der Waals surface area contributed by atoms with E-state index in [-0.39, 0.29) is 18.2 Å². The zero-order valence-electron chi connectivity index (χ0n) is 14.8. The van der Waals surface area contributed by atoms with Gasteiger partial charge in [-0.05, 0) is 42.0 Å². The van der Waals surface area contributed by atoms with E-state index in [1.165, 1.54) is 29.2 Å². The quantitative estimate of drug-likeness (QED) is 0.790. The molecule has 6 nitrogen and oxygen atoms in total. The van der Waals surface area contributed by atoms with Crippen molar-refractivity contribution in [2.75, 3.05) is 32.8 Å². The molecule has 0 bridgehead atoms. The summed E-state index contributed by atoms with van der Waals surface area (Å²) in [5.41, 5.74) is 1.50. The van der Waals surface area contributed by atoms with Gasteiger partial charge in [0.1, 0.15) is 11.6 Å². The Labute approximate surface area is 156 Å². The fourth-order valence-electron chi connectivity index (χ4n) is 2.91. The average molecular weight is 372 g/mol. The lowest BCUT2D eigenvalue weighted by molar-refractivity contribution is 0.0921. The number of piperazine rings is 1. The highest BCUT2D eigenvalue weighted by atomic mass is 19.1. The van der Waals surface area contributed by atoms with Crippen molar-refractivity contribution in [1.82, 2.24) is 9.80 Å². The number of nitrogens with zero attached hydrogens (tertiary/aromatic N) is 2. The van der Waals surface area contributed by atoms with Crippen LogP contribution in [-0.2, 0) is 6.54 Å². The molecule has 2 aromatic carbocycles. The van der Waals surface area contributed by atoms with Crippen molar-refractivity contribution >= 4 is 11.9 Å². The number of hydrogen-bond acceptors (Lipinski definition) is 4. The minimum atomic E-state index is -0.869. The molecule has 1 N–H and O–H groups in total. The van der Waals surface area contributed by atoms with E-state index in [2.05, 4.69) is 4.90 Å². The van der Waals surface area contributed by atoms with Gasteiger partial charge in [0.2, 0.25) is 0 Å². The van der Waals surface area contributed by atoms with Crippen LogP contribution in [0.4, 0.5) is 9.18 Å². The fraction of sp³-hybridized carbons (Fsp3) is 0.300. The van der Waals surface area contributed by atoms with Crippen LogP contribution in [0.3, 0.4) is 0 Å². The molecule has 0 atom stereocenters. The fourth-order valence-corrected chi connectivity index (χ4v) is 2.91. The van der Waals surface area contributed by atoms with Gasteiger partial charge in [-0.2, -0.15) is 0 Å². The summed E-state index contributed by atoms with van der Waals surface area (Å²) in [4.78, 5) is 26.6. The van der Waals surface area contributed by atoms with Gasteiger partial charge in [0.25, 0.3) is 0 Å². The lowest BCUT2D eigenvalue weighted by Crippen LogP contribution is -2.47. The van der Waals surface area contributed by atoms with Crippen LogP contribution in [0.15, 0.2) is 48.5 Å². The summed E-state index contributed by atoms with van der Waals surface area (Å²) < 4.78 is 18.4. The van der Waals surface area contributed by atoms with Crippen LogP contribution in [0, 0.1) is 5.82 Å². The third-order valence-corrected chi connectivity index (χ3v) is 4.51. The molecule has 3 rings (SSSR count). The average Bonchev–Trinajstić information content (AvgIpc) is 2.68. The van der Waals surface area contributed by atoms with Crippen LogP contribution in [0.5, 0.6) is 5.75 Å². The third kappa shape index (κ3) is 5.27.